The standard InChI is InChI=1S/C16H14OTe/c1-18-16-10-6-5-9-14(16)11-12-15(17)13-7-3-2-4-8-13/h2-12H,1H3/b12-11+. The molecule has 2 aromatic rings. The summed E-state index contributed by atoms with van der Waals surface area (Å²) >= 11 is -0.132. The van der Waals surface area contributed by atoms with Gasteiger partial charge in [0.2, 0.25) is 0 Å². The third-order valence-electron chi connectivity index (χ3n) is 2.61. The number of allylic oxidation sites excluding steroid dienone is 1. The summed E-state index contributed by atoms with van der Waals surface area (Å²) in [7, 11) is 0. The predicted octanol–water partition coefficient (Wildman–Crippen LogP) is 2.96. The zero-order valence-electron chi connectivity index (χ0n) is 10.2. The second-order valence-corrected chi connectivity index (χ2v) is 6.23. The van der Waals surface area contributed by atoms with Crippen LogP contribution in [0.2, 0.25) is 4.97 Å². The maximum absolute atomic E-state index is 11.9. The maximum atomic E-state index is 11.9. The quantitative estimate of drug-likeness (QED) is 0.471. The van der Waals surface area contributed by atoms with Crippen LogP contribution in [0, 0.1) is 0 Å². The second kappa shape index (κ2) is 6.54. The number of benzene rings is 2. The molecular formula is C16H14OTe. The van der Waals surface area contributed by atoms with Crippen LogP contribution < -0.4 is 3.61 Å². The van der Waals surface area contributed by atoms with Crippen molar-refractivity contribution >= 4 is 36.4 Å². The van der Waals surface area contributed by atoms with E-state index in [-0.39, 0.29) is 26.7 Å². The van der Waals surface area contributed by atoms with Gasteiger partial charge in [0, 0.05) is 0 Å². The average molecular weight is 350 g/mol. The van der Waals surface area contributed by atoms with E-state index in [1.165, 1.54) is 9.17 Å². The first-order valence-corrected chi connectivity index (χ1v) is 9.21. The molecule has 0 aromatic heterocycles. The van der Waals surface area contributed by atoms with Crippen LogP contribution >= 0.6 is 0 Å². The minimum absolute atomic E-state index is 0.0575. The molecule has 2 rings (SSSR count). The summed E-state index contributed by atoms with van der Waals surface area (Å²) in [6, 6.07) is 17.6. The topological polar surface area (TPSA) is 17.1 Å². The Morgan fingerprint density at radius 1 is 1.00 bits per heavy atom. The van der Waals surface area contributed by atoms with E-state index in [1.54, 1.807) is 6.08 Å². The van der Waals surface area contributed by atoms with Crippen molar-refractivity contribution in [1.82, 2.24) is 0 Å². The van der Waals surface area contributed by atoms with Gasteiger partial charge in [-0.3, -0.25) is 0 Å². The van der Waals surface area contributed by atoms with E-state index >= 15 is 0 Å². The Hall–Kier alpha value is -1.36. The molecule has 0 aliphatic heterocycles. The van der Waals surface area contributed by atoms with E-state index in [0.29, 0.717) is 0 Å². The Kier molecular flexibility index (Phi) is 4.75. The third-order valence-corrected chi connectivity index (χ3v) is 4.93. The van der Waals surface area contributed by atoms with E-state index in [4.69, 9.17) is 0 Å². The van der Waals surface area contributed by atoms with Crippen LogP contribution in [0.5, 0.6) is 0 Å². The van der Waals surface area contributed by atoms with Crippen LogP contribution in [0.4, 0.5) is 0 Å². The summed E-state index contributed by atoms with van der Waals surface area (Å²) in [5, 5.41) is 0. The van der Waals surface area contributed by atoms with Crippen molar-refractivity contribution in [1.29, 1.82) is 0 Å². The molecule has 0 bridgehead atoms. The van der Waals surface area contributed by atoms with Gasteiger partial charge in [0.05, 0.1) is 0 Å². The fourth-order valence-electron chi connectivity index (χ4n) is 1.67. The molecule has 1 nitrogen and oxygen atoms in total. The van der Waals surface area contributed by atoms with Crippen molar-refractivity contribution in [2.24, 2.45) is 0 Å². The molecule has 0 spiro atoms. The zero-order chi connectivity index (χ0) is 12.8. The van der Waals surface area contributed by atoms with Gasteiger partial charge in [0.25, 0.3) is 0 Å². The van der Waals surface area contributed by atoms with Gasteiger partial charge in [0.1, 0.15) is 0 Å². The Balaban J connectivity index is 2.19. The molecule has 0 radical (unpaired) electrons. The first kappa shape index (κ1) is 13.1. The number of ketones is 1. The van der Waals surface area contributed by atoms with E-state index < -0.39 is 0 Å². The molecule has 0 aliphatic rings. The molecular weight excluding hydrogens is 336 g/mol. The van der Waals surface area contributed by atoms with Gasteiger partial charge in [-0.25, -0.2) is 0 Å². The first-order valence-electron chi connectivity index (χ1n) is 5.72. The van der Waals surface area contributed by atoms with Crippen LogP contribution in [0.25, 0.3) is 6.08 Å². The van der Waals surface area contributed by atoms with Crippen LogP contribution in [0.1, 0.15) is 15.9 Å². The zero-order valence-corrected chi connectivity index (χ0v) is 12.5. The van der Waals surface area contributed by atoms with Crippen LogP contribution in [-0.2, 0) is 0 Å². The van der Waals surface area contributed by atoms with E-state index in [2.05, 4.69) is 23.2 Å². The summed E-state index contributed by atoms with van der Waals surface area (Å²) in [5.41, 5.74) is 1.91. The summed E-state index contributed by atoms with van der Waals surface area (Å²) in [6.45, 7) is 0. The van der Waals surface area contributed by atoms with Crippen LogP contribution in [-0.4, -0.2) is 26.7 Å². The van der Waals surface area contributed by atoms with Gasteiger partial charge in [-0.2, -0.15) is 0 Å². The molecule has 2 heteroatoms. The van der Waals surface area contributed by atoms with E-state index in [0.717, 1.165) is 5.56 Å². The fourth-order valence-corrected chi connectivity index (χ4v) is 3.34. The third kappa shape index (κ3) is 3.32. The molecule has 90 valence electrons. The molecule has 0 unspecified atom stereocenters. The van der Waals surface area contributed by atoms with Gasteiger partial charge < -0.3 is 0 Å². The van der Waals surface area contributed by atoms with E-state index in [9.17, 15) is 4.79 Å². The van der Waals surface area contributed by atoms with Crippen molar-refractivity contribution in [2.75, 3.05) is 0 Å². The molecule has 0 heterocycles. The molecule has 0 saturated carbocycles. The summed E-state index contributed by atoms with van der Waals surface area (Å²) < 4.78 is 1.39. The number of hydrogen-bond acceptors (Lipinski definition) is 1. The Morgan fingerprint density at radius 3 is 2.39 bits per heavy atom. The van der Waals surface area contributed by atoms with E-state index in [1.807, 2.05) is 42.5 Å². The molecule has 0 N–H and O–H groups in total. The minimum atomic E-state index is -0.132. The normalized spacial score (nSPS) is 10.7. The number of carbonyl (C=O) groups is 1. The molecule has 0 fully saturated rings. The molecule has 0 atom stereocenters. The van der Waals surface area contributed by atoms with Gasteiger partial charge in [-0.1, -0.05) is 0 Å². The summed E-state index contributed by atoms with van der Waals surface area (Å²) in [6.07, 6.45) is 3.59. The van der Waals surface area contributed by atoms with Crippen LogP contribution in [0.3, 0.4) is 0 Å². The predicted molar refractivity (Wildman–Crippen MR) is 77.5 cm³/mol. The second-order valence-electron chi connectivity index (χ2n) is 3.81. The molecule has 2 aromatic carbocycles. The van der Waals surface area contributed by atoms with Crippen LogP contribution in [0.15, 0.2) is 60.7 Å². The number of rotatable bonds is 4. The summed E-state index contributed by atoms with van der Waals surface area (Å²) in [4.78, 5) is 14.2. The molecule has 18 heavy (non-hydrogen) atoms. The van der Waals surface area contributed by atoms with Gasteiger partial charge in [0.15, 0.2) is 0 Å². The van der Waals surface area contributed by atoms with Gasteiger partial charge in [-0.15, -0.1) is 0 Å². The number of hydrogen-bond donors (Lipinski definition) is 0. The molecule has 0 aliphatic carbocycles. The van der Waals surface area contributed by atoms with Crippen molar-refractivity contribution in [2.45, 2.75) is 4.97 Å². The molecule has 0 saturated heterocycles. The SMILES string of the molecule is C[Te]c1ccccc1/C=C/C(=O)c1ccccc1. The fraction of sp³-hybridized carbons (Fsp3) is 0.0625. The Labute approximate surface area is 118 Å². The van der Waals surface area contributed by atoms with Crippen molar-refractivity contribution in [3.05, 3.63) is 71.8 Å². The van der Waals surface area contributed by atoms with Gasteiger partial charge >= 0.3 is 118 Å². The number of carbonyl (C=O) groups excluding carboxylic acids is 1. The first-order chi connectivity index (χ1) is 8.81. The van der Waals surface area contributed by atoms with Gasteiger partial charge in [-0.05, 0) is 0 Å². The summed E-state index contributed by atoms with van der Waals surface area (Å²) in [5.74, 6) is 0.0575. The average Bonchev–Trinajstić information content (AvgIpc) is 2.46. The van der Waals surface area contributed by atoms with Crippen molar-refractivity contribution < 1.29 is 4.79 Å². The monoisotopic (exact) mass is 352 g/mol. The van der Waals surface area contributed by atoms with Crippen molar-refractivity contribution in [3.63, 3.8) is 0 Å². The van der Waals surface area contributed by atoms with Crippen molar-refractivity contribution in [3.8, 4) is 0 Å². The Bertz CT molecular complexity index is 558. The molecule has 0 amide bonds. The Morgan fingerprint density at radius 2 is 1.67 bits per heavy atom.